The number of likely N-dealkylation sites (tertiary alicyclic amines) is 2. The third-order valence-electron chi connectivity index (χ3n) is 6.53. The van der Waals surface area contributed by atoms with E-state index in [-0.39, 0.29) is 11.8 Å². The molecule has 0 unspecified atom stereocenters. The Morgan fingerprint density at radius 1 is 0.968 bits per heavy atom. The Morgan fingerprint density at radius 2 is 1.65 bits per heavy atom. The van der Waals surface area contributed by atoms with Crippen molar-refractivity contribution in [2.75, 3.05) is 26.2 Å². The molecule has 0 N–H and O–H groups in total. The molecular formula is C23H32N6O2. The van der Waals surface area contributed by atoms with Gasteiger partial charge in [-0.2, -0.15) is 4.80 Å². The van der Waals surface area contributed by atoms with Gasteiger partial charge in [-0.05, 0) is 43.2 Å². The molecule has 2 aliphatic rings. The minimum Gasteiger partial charge on any atom is -0.343 e. The van der Waals surface area contributed by atoms with Gasteiger partial charge in [-0.25, -0.2) is 0 Å². The Labute approximate surface area is 183 Å². The summed E-state index contributed by atoms with van der Waals surface area (Å²) in [5.74, 6) is 1.85. The molecule has 2 saturated heterocycles. The van der Waals surface area contributed by atoms with Crippen molar-refractivity contribution < 1.29 is 9.59 Å². The molecule has 0 saturated carbocycles. The Hall–Kier alpha value is -2.77. The molecule has 4 rings (SSSR count). The van der Waals surface area contributed by atoms with Crippen molar-refractivity contribution in [1.29, 1.82) is 0 Å². The zero-order chi connectivity index (χ0) is 21.6. The predicted molar refractivity (Wildman–Crippen MR) is 117 cm³/mol. The molecule has 2 aromatic rings. The fourth-order valence-corrected chi connectivity index (χ4v) is 4.43. The number of rotatable bonds is 6. The first-order chi connectivity index (χ1) is 15.1. The summed E-state index contributed by atoms with van der Waals surface area (Å²) in [6.07, 6.45) is 4.91. The molecule has 0 aliphatic carbocycles. The van der Waals surface area contributed by atoms with E-state index in [0.717, 1.165) is 50.3 Å². The maximum Gasteiger partial charge on any atom is 0.225 e. The third kappa shape index (κ3) is 5.48. The quantitative estimate of drug-likeness (QED) is 0.712. The fraction of sp³-hybridized carbons (Fsp3) is 0.609. The molecule has 0 bridgehead atoms. The van der Waals surface area contributed by atoms with Crippen LogP contribution in [0.5, 0.6) is 0 Å². The molecule has 166 valence electrons. The number of carbonyl (C=O) groups is 2. The first-order valence-corrected chi connectivity index (χ1v) is 11.5. The zero-order valence-electron chi connectivity index (χ0n) is 18.3. The first-order valence-electron chi connectivity index (χ1n) is 11.5. The standard InChI is InChI=1S/C23H32N6O2/c1-18-9-14-28(15-10-18)23(31)20-11-16-27(17-12-20)21(30)8-5-13-29-25-22(24-26-29)19-6-3-2-4-7-19/h2-4,6-7,18,20H,5,8-17H2,1H3. The molecule has 0 radical (unpaired) electrons. The fourth-order valence-electron chi connectivity index (χ4n) is 4.43. The maximum absolute atomic E-state index is 12.8. The number of amides is 2. The number of carbonyl (C=O) groups excluding carboxylic acids is 2. The number of tetrazole rings is 1. The summed E-state index contributed by atoms with van der Waals surface area (Å²) in [4.78, 5) is 30.9. The van der Waals surface area contributed by atoms with Crippen molar-refractivity contribution in [1.82, 2.24) is 30.0 Å². The van der Waals surface area contributed by atoms with Crippen LogP contribution in [-0.4, -0.2) is 68.0 Å². The minimum absolute atomic E-state index is 0.0770. The second-order valence-electron chi connectivity index (χ2n) is 8.84. The summed E-state index contributed by atoms with van der Waals surface area (Å²) >= 11 is 0. The summed E-state index contributed by atoms with van der Waals surface area (Å²) < 4.78 is 0. The van der Waals surface area contributed by atoms with Gasteiger partial charge in [0.2, 0.25) is 17.6 Å². The number of piperidine rings is 2. The monoisotopic (exact) mass is 424 g/mol. The van der Waals surface area contributed by atoms with Gasteiger partial charge in [0.05, 0.1) is 6.54 Å². The molecule has 3 heterocycles. The molecule has 1 aromatic carbocycles. The van der Waals surface area contributed by atoms with Crippen molar-refractivity contribution >= 4 is 11.8 Å². The van der Waals surface area contributed by atoms with Gasteiger partial charge in [-0.1, -0.05) is 37.3 Å². The van der Waals surface area contributed by atoms with Gasteiger partial charge in [-0.15, -0.1) is 10.2 Å². The van der Waals surface area contributed by atoms with Crippen LogP contribution in [-0.2, 0) is 16.1 Å². The van der Waals surface area contributed by atoms with Gasteiger partial charge in [0.1, 0.15) is 0 Å². The van der Waals surface area contributed by atoms with Crippen LogP contribution < -0.4 is 0 Å². The van der Waals surface area contributed by atoms with Crippen LogP contribution in [0.15, 0.2) is 30.3 Å². The van der Waals surface area contributed by atoms with Crippen LogP contribution in [0.4, 0.5) is 0 Å². The van der Waals surface area contributed by atoms with Crippen molar-refractivity contribution in [2.24, 2.45) is 11.8 Å². The number of hydrogen-bond donors (Lipinski definition) is 0. The Morgan fingerprint density at radius 3 is 2.35 bits per heavy atom. The highest BCUT2D eigenvalue weighted by Crippen LogP contribution is 2.24. The largest absolute Gasteiger partial charge is 0.343 e. The van der Waals surface area contributed by atoms with Crippen molar-refractivity contribution in [3.8, 4) is 11.4 Å². The van der Waals surface area contributed by atoms with Crippen LogP contribution in [0, 0.1) is 11.8 Å². The molecule has 0 spiro atoms. The lowest BCUT2D eigenvalue weighted by Gasteiger charge is -2.36. The summed E-state index contributed by atoms with van der Waals surface area (Å²) in [6.45, 7) is 5.96. The molecule has 31 heavy (non-hydrogen) atoms. The van der Waals surface area contributed by atoms with Crippen LogP contribution in [0.25, 0.3) is 11.4 Å². The molecule has 0 atom stereocenters. The van der Waals surface area contributed by atoms with Gasteiger partial charge in [-0.3, -0.25) is 9.59 Å². The number of hydrogen-bond acceptors (Lipinski definition) is 5. The second-order valence-corrected chi connectivity index (χ2v) is 8.84. The lowest BCUT2D eigenvalue weighted by atomic mass is 9.92. The number of aromatic nitrogens is 4. The summed E-state index contributed by atoms with van der Waals surface area (Å²) in [6, 6.07) is 9.74. The lowest BCUT2D eigenvalue weighted by Crippen LogP contribution is -2.46. The topological polar surface area (TPSA) is 84.2 Å². The lowest BCUT2D eigenvalue weighted by molar-refractivity contribution is -0.141. The van der Waals surface area contributed by atoms with E-state index in [1.54, 1.807) is 4.80 Å². The van der Waals surface area contributed by atoms with Gasteiger partial charge in [0.15, 0.2) is 0 Å². The van der Waals surface area contributed by atoms with E-state index in [1.165, 1.54) is 0 Å². The minimum atomic E-state index is 0.0770. The van der Waals surface area contributed by atoms with Crippen molar-refractivity contribution in [2.45, 2.75) is 52.0 Å². The van der Waals surface area contributed by atoms with E-state index in [1.807, 2.05) is 40.1 Å². The predicted octanol–water partition coefficient (Wildman–Crippen LogP) is 2.62. The van der Waals surface area contributed by atoms with E-state index in [2.05, 4.69) is 22.3 Å². The van der Waals surface area contributed by atoms with Gasteiger partial charge in [0, 0.05) is 44.1 Å². The van der Waals surface area contributed by atoms with E-state index < -0.39 is 0 Å². The van der Waals surface area contributed by atoms with Crippen molar-refractivity contribution in [3.63, 3.8) is 0 Å². The van der Waals surface area contributed by atoms with Crippen LogP contribution in [0.2, 0.25) is 0 Å². The smallest absolute Gasteiger partial charge is 0.225 e. The first kappa shape index (κ1) is 21.5. The van der Waals surface area contributed by atoms with E-state index in [0.29, 0.717) is 44.2 Å². The molecule has 8 nitrogen and oxygen atoms in total. The molecule has 2 aliphatic heterocycles. The van der Waals surface area contributed by atoms with Crippen LogP contribution >= 0.6 is 0 Å². The van der Waals surface area contributed by atoms with Gasteiger partial charge < -0.3 is 9.80 Å². The van der Waals surface area contributed by atoms with Crippen LogP contribution in [0.3, 0.4) is 0 Å². The maximum atomic E-state index is 12.8. The summed E-state index contributed by atoms with van der Waals surface area (Å²) in [5, 5.41) is 12.6. The average Bonchev–Trinajstić information content (AvgIpc) is 3.29. The molecule has 2 fully saturated rings. The van der Waals surface area contributed by atoms with Crippen molar-refractivity contribution in [3.05, 3.63) is 30.3 Å². The Bertz CT molecular complexity index is 867. The molecule has 1 aromatic heterocycles. The third-order valence-corrected chi connectivity index (χ3v) is 6.53. The highest BCUT2D eigenvalue weighted by atomic mass is 16.2. The molecule has 8 heteroatoms. The van der Waals surface area contributed by atoms with Gasteiger partial charge >= 0.3 is 0 Å². The summed E-state index contributed by atoms with van der Waals surface area (Å²) in [5.41, 5.74) is 0.932. The summed E-state index contributed by atoms with van der Waals surface area (Å²) in [7, 11) is 0. The average molecular weight is 425 g/mol. The normalized spacial score (nSPS) is 18.4. The van der Waals surface area contributed by atoms with E-state index in [4.69, 9.17) is 0 Å². The highest BCUT2D eigenvalue weighted by Gasteiger charge is 2.31. The second kappa shape index (κ2) is 10.0. The molecular weight excluding hydrogens is 392 g/mol. The Balaban J connectivity index is 1.18. The number of benzene rings is 1. The Kier molecular flexibility index (Phi) is 6.94. The number of aryl methyl sites for hydroxylation is 1. The SMILES string of the molecule is CC1CCN(C(=O)C2CCN(C(=O)CCCn3nnc(-c4ccccc4)n3)CC2)CC1. The zero-order valence-corrected chi connectivity index (χ0v) is 18.3. The number of nitrogens with zero attached hydrogens (tertiary/aromatic N) is 6. The molecule has 2 amide bonds. The van der Waals surface area contributed by atoms with Crippen LogP contribution in [0.1, 0.15) is 45.4 Å². The highest BCUT2D eigenvalue weighted by molar-refractivity contribution is 5.80. The van der Waals surface area contributed by atoms with E-state index in [9.17, 15) is 9.59 Å². The van der Waals surface area contributed by atoms with E-state index >= 15 is 0 Å². The van der Waals surface area contributed by atoms with Gasteiger partial charge in [0.25, 0.3) is 0 Å².